The van der Waals surface area contributed by atoms with Crippen molar-refractivity contribution in [3.05, 3.63) is 0 Å². The molecule has 0 aliphatic carbocycles. The number of rotatable bonds is 9. The Labute approximate surface area is 155 Å². The summed E-state index contributed by atoms with van der Waals surface area (Å²) >= 11 is 0. The molecule has 26 heavy (non-hydrogen) atoms. The molecule has 1 rings (SSSR count). The summed E-state index contributed by atoms with van der Waals surface area (Å²) in [6.45, 7) is 8.18. The van der Waals surface area contributed by atoms with Crippen molar-refractivity contribution in [2.24, 2.45) is 5.92 Å². The van der Waals surface area contributed by atoms with E-state index in [4.69, 9.17) is 5.21 Å². The average Bonchev–Trinajstić information content (AvgIpc) is 3.10. The van der Waals surface area contributed by atoms with Crippen LogP contribution in [0.15, 0.2) is 0 Å². The summed E-state index contributed by atoms with van der Waals surface area (Å²) < 4.78 is 0. The molecule has 0 bridgehead atoms. The summed E-state index contributed by atoms with van der Waals surface area (Å²) in [5, 5.41) is 21.9. The maximum absolute atomic E-state index is 13.0. The molecule has 3 unspecified atom stereocenters. The third-order valence-corrected chi connectivity index (χ3v) is 5.13. The first-order chi connectivity index (χ1) is 12.2. The summed E-state index contributed by atoms with van der Waals surface area (Å²) in [4.78, 5) is 38.7. The van der Waals surface area contributed by atoms with Gasteiger partial charge in [0.25, 0.3) is 5.91 Å². The number of nitrogens with one attached hydrogen (secondary N) is 2. The van der Waals surface area contributed by atoms with Crippen LogP contribution in [-0.2, 0) is 14.4 Å². The molecule has 1 saturated heterocycles. The average molecular weight is 371 g/mol. The molecule has 150 valence electrons. The van der Waals surface area contributed by atoms with Crippen LogP contribution in [0.1, 0.15) is 66.2 Å². The van der Waals surface area contributed by atoms with Crippen molar-refractivity contribution in [1.29, 1.82) is 0 Å². The first-order valence-corrected chi connectivity index (χ1v) is 9.43. The van der Waals surface area contributed by atoms with Crippen LogP contribution in [0.4, 0.5) is 0 Å². The van der Waals surface area contributed by atoms with Crippen LogP contribution in [0, 0.1) is 5.92 Å². The lowest BCUT2D eigenvalue weighted by Crippen LogP contribution is -2.54. The molecule has 3 amide bonds. The van der Waals surface area contributed by atoms with Gasteiger partial charge < -0.3 is 15.3 Å². The predicted octanol–water partition coefficient (Wildman–Crippen LogP) is 0.955. The highest BCUT2D eigenvalue weighted by Crippen LogP contribution is 2.25. The minimum absolute atomic E-state index is 0.210. The summed E-state index contributed by atoms with van der Waals surface area (Å²) in [7, 11) is 0. The molecule has 0 spiro atoms. The molecule has 0 radical (unpaired) electrons. The first kappa shape index (κ1) is 22.4. The van der Waals surface area contributed by atoms with Gasteiger partial charge in [0.15, 0.2) is 0 Å². The van der Waals surface area contributed by atoms with E-state index in [0.717, 1.165) is 12.8 Å². The number of carbonyl (C=O) groups excluding carboxylic acids is 3. The van der Waals surface area contributed by atoms with Crippen LogP contribution in [0.5, 0.6) is 0 Å². The van der Waals surface area contributed by atoms with Crippen molar-refractivity contribution >= 4 is 17.7 Å². The van der Waals surface area contributed by atoms with Crippen LogP contribution in [0.3, 0.4) is 0 Å². The molecule has 0 saturated carbocycles. The molecule has 8 heteroatoms. The van der Waals surface area contributed by atoms with Gasteiger partial charge >= 0.3 is 0 Å². The molecule has 1 aliphatic heterocycles. The molecular formula is C18H33N3O5. The van der Waals surface area contributed by atoms with Crippen molar-refractivity contribution in [3.63, 3.8) is 0 Å². The normalized spacial score (nSPS) is 19.8. The lowest BCUT2D eigenvalue weighted by atomic mass is 9.93. The standard InChI is InChI=1S/C18H33N3O5/c1-5-7-9-12(14(22)16(24)20-26)17(25)21-11-8-10-13(21)15(23)19-18(3,4)6-2/h12-14,22,26H,5-11H2,1-4H3,(H,19,23)(H,20,24). The van der Waals surface area contributed by atoms with E-state index in [-0.39, 0.29) is 11.4 Å². The number of likely N-dealkylation sites (tertiary alicyclic amines) is 1. The van der Waals surface area contributed by atoms with E-state index in [2.05, 4.69) is 5.32 Å². The summed E-state index contributed by atoms with van der Waals surface area (Å²) in [5.74, 6) is -2.61. The quantitative estimate of drug-likeness (QED) is 0.355. The van der Waals surface area contributed by atoms with Crippen molar-refractivity contribution in [1.82, 2.24) is 15.7 Å². The maximum atomic E-state index is 13.0. The second kappa shape index (κ2) is 9.87. The fourth-order valence-corrected chi connectivity index (χ4v) is 3.11. The largest absolute Gasteiger partial charge is 0.382 e. The zero-order valence-corrected chi connectivity index (χ0v) is 16.2. The summed E-state index contributed by atoms with van der Waals surface area (Å²) in [6, 6.07) is -0.596. The lowest BCUT2D eigenvalue weighted by Gasteiger charge is -2.32. The van der Waals surface area contributed by atoms with Gasteiger partial charge in [-0.1, -0.05) is 26.7 Å². The highest BCUT2D eigenvalue weighted by Gasteiger charge is 2.41. The SMILES string of the molecule is CCCCC(C(=O)N1CCCC1C(=O)NC(C)(C)CC)C(O)C(=O)NO. The van der Waals surface area contributed by atoms with Gasteiger partial charge in [0, 0.05) is 12.1 Å². The van der Waals surface area contributed by atoms with E-state index in [1.807, 2.05) is 27.7 Å². The summed E-state index contributed by atoms with van der Waals surface area (Å²) in [5.41, 5.74) is 1.03. The number of unbranched alkanes of at least 4 members (excludes halogenated alkanes) is 1. The highest BCUT2D eigenvalue weighted by molar-refractivity contribution is 5.92. The summed E-state index contributed by atoms with van der Waals surface area (Å²) in [6.07, 6.45) is 2.13. The number of carbonyl (C=O) groups is 3. The first-order valence-electron chi connectivity index (χ1n) is 9.43. The van der Waals surface area contributed by atoms with E-state index in [0.29, 0.717) is 32.2 Å². The third kappa shape index (κ3) is 5.67. The minimum Gasteiger partial charge on any atom is -0.382 e. The highest BCUT2D eigenvalue weighted by atomic mass is 16.5. The van der Waals surface area contributed by atoms with Crippen molar-refractivity contribution in [2.45, 2.75) is 83.9 Å². The van der Waals surface area contributed by atoms with Crippen LogP contribution in [0.25, 0.3) is 0 Å². The number of hydrogen-bond donors (Lipinski definition) is 4. The van der Waals surface area contributed by atoms with E-state index in [9.17, 15) is 19.5 Å². The topological polar surface area (TPSA) is 119 Å². The molecule has 1 fully saturated rings. The molecule has 1 heterocycles. The van der Waals surface area contributed by atoms with Gasteiger partial charge in [-0.25, -0.2) is 5.48 Å². The second-order valence-corrected chi connectivity index (χ2v) is 7.59. The number of hydrogen-bond acceptors (Lipinski definition) is 5. The number of hydroxylamine groups is 1. The van der Waals surface area contributed by atoms with Gasteiger partial charge in [-0.3, -0.25) is 19.6 Å². The van der Waals surface area contributed by atoms with E-state index >= 15 is 0 Å². The van der Waals surface area contributed by atoms with E-state index in [1.165, 1.54) is 10.4 Å². The van der Waals surface area contributed by atoms with Crippen molar-refractivity contribution in [3.8, 4) is 0 Å². The Balaban J connectivity index is 2.94. The van der Waals surface area contributed by atoms with Gasteiger partial charge in [-0.05, 0) is 39.5 Å². The molecule has 0 aromatic heterocycles. The fraction of sp³-hybridized carbons (Fsp3) is 0.833. The number of aliphatic hydroxyl groups is 1. The molecule has 8 nitrogen and oxygen atoms in total. The van der Waals surface area contributed by atoms with Gasteiger partial charge in [0.1, 0.15) is 12.1 Å². The lowest BCUT2D eigenvalue weighted by molar-refractivity contribution is -0.152. The van der Waals surface area contributed by atoms with Crippen LogP contribution >= 0.6 is 0 Å². The smallest absolute Gasteiger partial charge is 0.272 e. The maximum Gasteiger partial charge on any atom is 0.272 e. The van der Waals surface area contributed by atoms with Gasteiger partial charge in [0.2, 0.25) is 11.8 Å². The molecule has 0 aromatic rings. The Kier molecular flexibility index (Phi) is 8.49. The number of nitrogens with zero attached hydrogens (tertiary/aromatic N) is 1. The Morgan fingerprint density at radius 2 is 1.92 bits per heavy atom. The predicted molar refractivity (Wildman–Crippen MR) is 96.2 cm³/mol. The Morgan fingerprint density at radius 3 is 2.46 bits per heavy atom. The third-order valence-electron chi connectivity index (χ3n) is 5.13. The molecular weight excluding hydrogens is 338 g/mol. The molecule has 1 aliphatic rings. The monoisotopic (exact) mass is 371 g/mol. The molecule has 4 N–H and O–H groups in total. The zero-order chi connectivity index (χ0) is 19.9. The number of aliphatic hydroxyl groups excluding tert-OH is 1. The minimum atomic E-state index is -1.64. The number of amides is 3. The van der Waals surface area contributed by atoms with Crippen molar-refractivity contribution < 1.29 is 24.7 Å². The fourth-order valence-electron chi connectivity index (χ4n) is 3.11. The zero-order valence-electron chi connectivity index (χ0n) is 16.2. The van der Waals surface area contributed by atoms with E-state index in [1.54, 1.807) is 0 Å². The van der Waals surface area contributed by atoms with Crippen LogP contribution in [0.2, 0.25) is 0 Å². The van der Waals surface area contributed by atoms with Crippen molar-refractivity contribution in [2.75, 3.05) is 6.54 Å². The molecule has 0 aromatic carbocycles. The van der Waals surface area contributed by atoms with Gasteiger partial charge in [-0.15, -0.1) is 0 Å². The van der Waals surface area contributed by atoms with Crippen LogP contribution in [-0.4, -0.2) is 57.2 Å². The Morgan fingerprint density at radius 1 is 1.27 bits per heavy atom. The second-order valence-electron chi connectivity index (χ2n) is 7.59. The van der Waals surface area contributed by atoms with Gasteiger partial charge in [-0.2, -0.15) is 0 Å². The Hall–Kier alpha value is -1.67. The molecule has 3 atom stereocenters. The van der Waals surface area contributed by atoms with Crippen LogP contribution < -0.4 is 10.8 Å². The van der Waals surface area contributed by atoms with Gasteiger partial charge in [0.05, 0.1) is 5.92 Å². The Bertz CT molecular complexity index is 509. The van der Waals surface area contributed by atoms with E-state index < -0.39 is 29.9 Å².